The first-order valence-electron chi connectivity index (χ1n) is 5.79. The van der Waals surface area contributed by atoms with Crippen LogP contribution in [0.15, 0.2) is 46.9 Å². The predicted octanol–water partition coefficient (Wildman–Crippen LogP) is 4.62. The number of aliphatic carboxylic acids is 1. The molecule has 0 amide bonds. The van der Waals surface area contributed by atoms with E-state index in [1.54, 1.807) is 0 Å². The van der Waals surface area contributed by atoms with Gasteiger partial charge in [0.2, 0.25) is 0 Å². The second-order valence-electron chi connectivity index (χ2n) is 4.04. The number of carboxylic acid groups (broad SMARTS) is 1. The zero-order valence-electron chi connectivity index (χ0n) is 10.5. The Morgan fingerprint density at radius 2 is 1.86 bits per heavy atom. The van der Waals surface area contributed by atoms with Crippen molar-refractivity contribution in [3.05, 3.63) is 64.1 Å². The van der Waals surface area contributed by atoms with Crippen LogP contribution < -0.4 is 4.74 Å². The van der Waals surface area contributed by atoms with E-state index < -0.39 is 17.6 Å². The Morgan fingerprint density at radius 3 is 2.52 bits per heavy atom. The first kappa shape index (κ1) is 15.2. The van der Waals surface area contributed by atoms with Crippen molar-refractivity contribution in [2.24, 2.45) is 0 Å². The normalized spacial score (nSPS) is 10.8. The lowest BCUT2D eigenvalue weighted by molar-refractivity contribution is -0.131. The summed E-state index contributed by atoms with van der Waals surface area (Å²) in [4.78, 5) is 10.4. The van der Waals surface area contributed by atoms with E-state index in [2.05, 4.69) is 15.9 Å². The molecule has 2 aromatic rings. The summed E-state index contributed by atoms with van der Waals surface area (Å²) in [7, 11) is 0. The van der Waals surface area contributed by atoms with Crippen LogP contribution in [0.25, 0.3) is 6.08 Å². The molecule has 0 aliphatic heterocycles. The second-order valence-corrected chi connectivity index (χ2v) is 4.95. The van der Waals surface area contributed by atoms with Crippen molar-refractivity contribution in [3.63, 3.8) is 0 Å². The van der Waals surface area contributed by atoms with Gasteiger partial charge in [-0.3, -0.25) is 0 Å². The fraction of sp³-hybridized carbons (Fsp3) is 0. The predicted molar refractivity (Wildman–Crippen MR) is 77.2 cm³/mol. The first-order valence-corrected chi connectivity index (χ1v) is 6.58. The lowest BCUT2D eigenvalue weighted by Crippen LogP contribution is -1.92. The summed E-state index contributed by atoms with van der Waals surface area (Å²) < 4.78 is 33.2. The van der Waals surface area contributed by atoms with Gasteiger partial charge in [-0.15, -0.1) is 0 Å². The van der Waals surface area contributed by atoms with Crippen LogP contribution in [0.5, 0.6) is 11.5 Å². The van der Waals surface area contributed by atoms with Gasteiger partial charge in [0.1, 0.15) is 0 Å². The Labute approximate surface area is 127 Å². The molecule has 0 saturated heterocycles. The van der Waals surface area contributed by atoms with E-state index in [9.17, 15) is 13.6 Å². The van der Waals surface area contributed by atoms with Gasteiger partial charge in [0, 0.05) is 10.5 Å². The van der Waals surface area contributed by atoms with Gasteiger partial charge in [-0.1, -0.05) is 22.0 Å². The molecule has 108 valence electrons. The minimum Gasteiger partial charge on any atom is -0.478 e. The van der Waals surface area contributed by atoms with Crippen molar-refractivity contribution in [1.82, 2.24) is 0 Å². The molecule has 0 aliphatic carbocycles. The maximum absolute atomic E-state index is 13.9. The van der Waals surface area contributed by atoms with Crippen LogP contribution in [-0.4, -0.2) is 11.1 Å². The number of hydrogen-bond donors (Lipinski definition) is 1. The molecule has 3 nitrogen and oxygen atoms in total. The molecule has 6 heteroatoms. The van der Waals surface area contributed by atoms with Gasteiger partial charge < -0.3 is 9.84 Å². The lowest BCUT2D eigenvalue weighted by atomic mass is 10.2. The third-order valence-corrected chi connectivity index (χ3v) is 2.98. The zero-order valence-corrected chi connectivity index (χ0v) is 12.1. The number of carbonyl (C=O) groups is 1. The molecule has 0 bridgehead atoms. The highest BCUT2D eigenvalue weighted by molar-refractivity contribution is 9.10. The van der Waals surface area contributed by atoms with Crippen LogP contribution >= 0.6 is 15.9 Å². The van der Waals surface area contributed by atoms with E-state index >= 15 is 0 Å². The van der Waals surface area contributed by atoms with Gasteiger partial charge in [-0.05, 0) is 42.0 Å². The summed E-state index contributed by atoms with van der Waals surface area (Å²) in [6.45, 7) is 0. The summed E-state index contributed by atoms with van der Waals surface area (Å²) >= 11 is 3.17. The Hall–Kier alpha value is -2.21. The molecule has 21 heavy (non-hydrogen) atoms. The van der Waals surface area contributed by atoms with Crippen molar-refractivity contribution in [2.75, 3.05) is 0 Å². The van der Waals surface area contributed by atoms with Crippen LogP contribution in [0.3, 0.4) is 0 Å². The summed E-state index contributed by atoms with van der Waals surface area (Å²) in [5, 5.41) is 8.50. The molecule has 0 aromatic heterocycles. The molecule has 0 saturated carbocycles. The van der Waals surface area contributed by atoms with Crippen LogP contribution in [0.4, 0.5) is 8.78 Å². The van der Waals surface area contributed by atoms with Gasteiger partial charge in [-0.25, -0.2) is 13.6 Å². The molecule has 0 radical (unpaired) electrons. The Morgan fingerprint density at radius 1 is 1.10 bits per heavy atom. The average molecular weight is 355 g/mol. The number of rotatable bonds is 4. The molecule has 0 unspecified atom stereocenters. The van der Waals surface area contributed by atoms with Crippen LogP contribution in [0.1, 0.15) is 5.56 Å². The highest BCUT2D eigenvalue weighted by Gasteiger charge is 2.09. The topological polar surface area (TPSA) is 46.5 Å². The van der Waals surface area contributed by atoms with Crippen molar-refractivity contribution in [1.29, 1.82) is 0 Å². The zero-order chi connectivity index (χ0) is 15.4. The third kappa shape index (κ3) is 4.13. The molecule has 2 rings (SSSR count). The minimum atomic E-state index is -1.13. The molecule has 0 spiro atoms. The molecular formula is C15H9BrF2O3. The smallest absolute Gasteiger partial charge is 0.328 e. The third-order valence-electron chi connectivity index (χ3n) is 2.49. The van der Waals surface area contributed by atoms with Gasteiger partial charge in [-0.2, -0.15) is 0 Å². The summed E-state index contributed by atoms with van der Waals surface area (Å²) in [5.74, 6) is -2.74. The van der Waals surface area contributed by atoms with Gasteiger partial charge in [0.25, 0.3) is 0 Å². The van der Waals surface area contributed by atoms with Crippen molar-refractivity contribution in [3.8, 4) is 11.5 Å². The fourth-order valence-electron chi connectivity index (χ4n) is 1.54. The van der Waals surface area contributed by atoms with E-state index in [0.717, 1.165) is 12.1 Å². The average Bonchev–Trinajstić information content (AvgIpc) is 2.43. The SMILES string of the molecule is O=C(O)/C=C/c1ccc(Oc2cc(Br)ccc2F)c(F)c1. The highest BCUT2D eigenvalue weighted by Crippen LogP contribution is 2.29. The van der Waals surface area contributed by atoms with Crippen molar-refractivity contribution >= 4 is 28.0 Å². The summed E-state index contributed by atoms with van der Waals surface area (Å²) in [6, 6.07) is 7.95. The molecule has 1 N–H and O–H groups in total. The van der Waals surface area contributed by atoms with Crippen LogP contribution in [0.2, 0.25) is 0 Å². The standard InChI is InChI=1S/C15H9BrF2O3/c16-10-3-4-11(17)14(8-10)21-13-5-1-9(7-12(13)18)2-6-15(19)20/h1-8H,(H,19,20)/b6-2+. The second kappa shape index (κ2) is 6.49. The van der Waals surface area contributed by atoms with Crippen LogP contribution in [0, 0.1) is 11.6 Å². The van der Waals surface area contributed by atoms with Gasteiger partial charge >= 0.3 is 5.97 Å². The number of carboxylic acids is 1. The van der Waals surface area contributed by atoms with E-state index in [0.29, 0.717) is 10.0 Å². The largest absolute Gasteiger partial charge is 0.478 e. The highest BCUT2D eigenvalue weighted by atomic mass is 79.9. The van der Waals surface area contributed by atoms with E-state index in [-0.39, 0.29) is 11.5 Å². The van der Waals surface area contributed by atoms with E-state index in [4.69, 9.17) is 9.84 Å². The Balaban J connectivity index is 2.25. The Bertz CT molecular complexity index is 714. The maximum atomic E-state index is 13.9. The number of benzene rings is 2. The molecule has 0 fully saturated rings. The Kier molecular flexibility index (Phi) is 4.70. The quantitative estimate of drug-likeness (QED) is 0.815. The summed E-state index contributed by atoms with van der Waals surface area (Å²) in [6.07, 6.45) is 2.14. The van der Waals surface area contributed by atoms with Gasteiger partial charge in [0.05, 0.1) is 0 Å². The first-order chi connectivity index (χ1) is 9.95. The molecule has 0 heterocycles. The molecular weight excluding hydrogens is 346 g/mol. The number of hydrogen-bond acceptors (Lipinski definition) is 2. The summed E-state index contributed by atoms with van der Waals surface area (Å²) in [5.41, 5.74) is 0.358. The molecule has 0 atom stereocenters. The molecule has 2 aromatic carbocycles. The monoisotopic (exact) mass is 354 g/mol. The number of halogens is 3. The lowest BCUT2D eigenvalue weighted by Gasteiger charge is -2.08. The van der Waals surface area contributed by atoms with Gasteiger partial charge in [0.15, 0.2) is 23.1 Å². The van der Waals surface area contributed by atoms with Crippen molar-refractivity contribution < 1.29 is 23.4 Å². The van der Waals surface area contributed by atoms with Crippen molar-refractivity contribution in [2.45, 2.75) is 0 Å². The fourth-order valence-corrected chi connectivity index (χ4v) is 1.89. The minimum absolute atomic E-state index is 0.114. The van der Waals surface area contributed by atoms with Crippen LogP contribution in [-0.2, 0) is 4.79 Å². The van der Waals surface area contributed by atoms with E-state index in [1.165, 1.54) is 36.4 Å². The maximum Gasteiger partial charge on any atom is 0.328 e. The number of ether oxygens (including phenoxy) is 1. The van der Waals surface area contributed by atoms with E-state index in [1.807, 2.05) is 0 Å². The molecule has 0 aliphatic rings.